The zero-order chi connectivity index (χ0) is 17.7. The Bertz CT molecular complexity index is 612. The summed E-state index contributed by atoms with van der Waals surface area (Å²) in [7, 11) is 0. The van der Waals surface area contributed by atoms with E-state index in [4.69, 9.17) is 9.47 Å². The number of carbonyl (C=O) groups is 3. The molecule has 1 aromatic rings. The Labute approximate surface area is 140 Å². The van der Waals surface area contributed by atoms with Gasteiger partial charge in [0.2, 0.25) is 6.10 Å². The van der Waals surface area contributed by atoms with E-state index < -0.39 is 18.0 Å². The number of benzene rings is 1. The first-order chi connectivity index (χ1) is 11.3. The molecule has 0 aromatic heterocycles. The van der Waals surface area contributed by atoms with Gasteiger partial charge >= 0.3 is 18.0 Å². The maximum atomic E-state index is 12.0. The first-order valence-corrected chi connectivity index (χ1v) is 7.90. The molecule has 0 aliphatic carbocycles. The number of urea groups is 1. The van der Waals surface area contributed by atoms with Gasteiger partial charge in [-0.05, 0) is 38.5 Å². The first kappa shape index (κ1) is 17.8. The van der Waals surface area contributed by atoms with Gasteiger partial charge < -0.3 is 20.1 Å². The smallest absolute Gasteiger partial charge is 0.347 e. The average Bonchev–Trinajstić information content (AvgIpc) is 2.82. The maximum absolute atomic E-state index is 12.0. The van der Waals surface area contributed by atoms with Crippen molar-refractivity contribution in [2.75, 3.05) is 0 Å². The number of hydrogen-bond donors (Lipinski definition) is 2. The average molecular weight is 334 g/mol. The van der Waals surface area contributed by atoms with Gasteiger partial charge in [0.05, 0.1) is 5.56 Å². The van der Waals surface area contributed by atoms with E-state index in [2.05, 4.69) is 10.6 Å². The summed E-state index contributed by atoms with van der Waals surface area (Å²) in [4.78, 5) is 35.0. The Hall–Kier alpha value is -2.57. The van der Waals surface area contributed by atoms with Gasteiger partial charge in [-0.1, -0.05) is 12.1 Å². The lowest BCUT2D eigenvalue weighted by Crippen LogP contribution is -2.39. The summed E-state index contributed by atoms with van der Waals surface area (Å²) in [6.07, 6.45) is -0.702. The molecule has 0 unspecified atom stereocenters. The number of carbonyl (C=O) groups excluding carboxylic acids is 3. The molecule has 24 heavy (non-hydrogen) atoms. The van der Waals surface area contributed by atoms with E-state index in [1.807, 2.05) is 13.8 Å². The second kappa shape index (κ2) is 7.81. The fourth-order valence-electron chi connectivity index (χ4n) is 2.27. The van der Waals surface area contributed by atoms with Crippen LogP contribution in [-0.2, 0) is 20.8 Å². The van der Waals surface area contributed by atoms with Crippen LogP contribution in [0.15, 0.2) is 24.3 Å². The zero-order valence-corrected chi connectivity index (χ0v) is 14.0. The predicted octanol–water partition coefficient (Wildman–Crippen LogP) is 1.75. The topological polar surface area (TPSA) is 93.7 Å². The predicted molar refractivity (Wildman–Crippen MR) is 86.3 cm³/mol. The first-order valence-electron chi connectivity index (χ1n) is 7.90. The Kier molecular flexibility index (Phi) is 5.78. The molecule has 0 spiro atoms. The lowest BCUT2D eigenvalue weighted by atomic mass is 10.1. The molecule has 1 aliphatic rings. The molecule has 2 atom stereocenters. The van der Waals surface area contributed by atoms with E-state index in [1.165, 1.54) is 0 Å². The minimum absolute atomic E-state index is 0.0622. The highest BCUT2D eigenvalue weighted by Gasteiger charge is 2.35. The Balaban J connectivity index is 1.86. The lowest BCUT2D eigenvalue weighted by molar-refractivity contribution is -0.147. The van der Waals surface area contributed by atoms with E-state index in [-0.39, 0.29) is 18.2 Å². The summed E-state index contributed by atoms with van der Waals surface area (Å²) in [6, 6.07) is 6.46. The monoisotopic (exact) mass is 334 g/mol. The molecule has 0 bridgehead atoms. The highest BCUT2D eigenvalue weighted by molar-refractivity contribution is 5.91. The van der Waals surface area contributed by atoms with Gasteiger partial charge in [-0.15, -0.1) is 0 Å². The minimum Gasteiger partial charge on any atom is -0.460 e. The summed E-state index contributed by atoms with van der Waals surface area (Å²) in [5.41, 5.74) is 1.19. The van der Waals surface area contributed by atoms with Gasteiger partial charge in [-0.3, -0.25) is 0 Å². The largest absolute Gasteiger partial charge is 0.460 e. The molecule has 1 aromatic carbocycles. The highest BCUT2D eigenvalue weighted by Crippen LogP contribution is 2.19. The van der Waals surface area contributed by atoms with Crippen LogP contribution < -0.4 is 10.6 Å². The number of amides is 2. The summed E-state index contributed by atoms with van der Waals surface area (Å²) < 4.78 is 10.1. The van der Waals surface area contributed by atoms with Gasteiger partial charge in [-0.25, -0.2) is 14.4 Å². The third-order valence-electron chi connectivity index (χ3n) is 3.44. The molecule has 1 fully saturated rings. The minimum atomic E-state index is -0.839. The van der Waals surface area contributed by atoms with Gasteiger partial charge in [0, 0.05) is 19.0 Å². The molecule has 2 rings (SSSR count). The van der Waals surface area contributed by atoms with Crippen molar-refractivity contribution < 1.29 is 23.9 Å². The third-order valence-corrected chi connectivity index (χ3v) is 3.44. The number of hydrogen-bond acceptors (Lipinski definition) is 5. The van der Waals surface area contributed by atoms with Gasteiger partial charge in [0.25, 0.3) is 0 Å². The quantitative estimate of drug-likeness (QED) is 0.800. The maximum Gasteiger partial charge on any atom is 0.347 e. The molecule has 2 N–H and O–H groups in total. The van der Waals surface area contributed by atoms with E-state index in [0.29, 0.717) is 18.5 Å². The van der Waals surface area contributed by atoms with Crippen LogP contribution in [0.5, 0.6) is 0 Å². The van der Waals surface area contributed by atoms with Crippen molar-refractivity contribution >= 4 is 18.0 Å². The summed E-state index contributed by atoms with van der Waals surface area (Å²) in [5.74, 6) is -1.07. The number of ether oxygens (including phenoxy) is 2. The number of esters is 2. The van der Waals surface area contributed by atoms with Gasteiger partial charge in [0.15, 0.2) is 0 Å². The van der Waals surface area contributed by atoms with Crippen LogP contribution in [0.25, 0.3) is 0 Å². The molecule has 7 heteroatoms. The van der Waals surface area contributed by atoms with Crippen LogP contribution in [-0.4, -0.2) is 36.2 Å². The SMILES string of the molecule is CC(C)NC(=O)NCc1ccc(C(=O)O[C@@H]2C[C@H](C)OC2=O)cc1. The van der Waals surface area contributed by atoms with Crippen LogP contribution in [0, 0.1) is 0 Å². The molecular formula is C17H22N2O5. The van der Waals surface area contributed by atoms with E-state index in [1.54, 1.807) is 31.2 Å². The third kappa shape index (κ3) is 4.97. The molecule has 1 heterocycles. The fraction of sp³-hybridized carbons (Fsp3) is 0.471. The number of rotatable bonds is 5. The van der Waals surface area contributed by atoms with Crippen molar-refractivity contribution in [2.45, 2.75) is 52.0 Å². The zero-order valence-electron chi connectivity index (χ0n) is 14.0. The summed E-state index contributed by atoms with van der Waals surface area (Å²) >= 11 is 0. The normalized spacial score (nSPS) is 19.8. The number of nitrogens with one attached hydrogen (secondary N) is 2. The van der Waals surface area contributed by atoms with Crippen LogP contribution in [0.2, 0.25) is 0 Å². The highest BCUT2D eigenvalue weighted by atomic mass is 16.6. The van der Waals surface area contributed by atoms with Crippen LogP contribution in [0.3, 0.4) is 0 Å². The Morgan fingerprint density at radius 2 is 1.96 bits per heavy atom. The van der Waals surface area contributed by atoms with Crippen LogP contribution >= 0.6 is 0 Å². The molecule has 0 radical (unpaired) electrons. The van der Waals surface area contributed by atoms with Crippen molar-refractivity contribution in [1.29, 1.82) is 0 Å². The molecular weight excluding hydrogens is 312 g/mol. The molecule has 0 saturated carbocycles. The van der Waals surface area contributed by atoms with Crippen LogP contribution in [0.4, 0.5) is 4.79 Å². The second-order valence-corrected chi connectivity index (χ2v) is 6.06. The fourth-order valence-corrected chi connectivity index (χ4v) is 2.27. The number of cyclic esters (lactones) is 1. The summed E-state index contributed by atoms with van der Waals surface area (Å²) in [6.45, 7) is 5.85. The summed E-state index contributed by atoms with van der Waals surface area (Å²) in [5, 5.41) is 5.44. The van der Waals surface area contributed by atoms with E-state index in [9.17, 15) is 14.4 Å². The van der Waals surface area contributed by atoms with Crippen molar-refractivity contribution in [1.82, 2.24) is 10.6 Å². The van der Waals surface area contributed by atoms with Crippen molar-refractivity contribution in [3.8, 4) is 0 Å². The molecule has 130 valence electrons. The lowest BCUT2D eigenvalue weighted by Gasteiger charge is -2.11. The van der Waals surface area contributed by atoms with Gasteiger partial charge in [0.1, 0.15) is 6.10 Å². The Morgan fingerprint density at radius 1 is 1.29 bits per heavy atom. The van der Waals surface area contributed by atoms with Crippen LogP contribution in [0.1, 0.15) is 43.1 Å². The van der Waals surface area contributed by atoms with Gasteiger partial charge in [-0.2, -0.15) is 0 Å². The molecule has 1 aliphatic heterocycles. The van der Waals surface area contributed by atoms with E-state index in [0.717, 1.165) is 5.56 Å². The standard InChI is InChI=1S/C17H22N2O5/c1-10(2)19-17(22)18-9-12-4-6-13(7-5-12)15(20)24-14-8-11(3)23-16(14)21/h4-7,10-11,14H,8-9H2,1-3H3,(H2,18,19,22)/t11-,14+/m0/s1. The van der Waals surface area contributed by atoms with E-state index >= 15 is 0 Å². The second-order valence-electron chi connectivity index (χ2n) is 6.06. The molecule has 1 saturated heterocycles. The molecule has 2 amide bonds. The van der Waals surface area contributed by atoms with Crippen molar-refractivity contribution in [3.05, 3.63) is 35.4 Å². The van der Waals surface area contributed by atoms with Crippen molar-refractivity contribution in [3.63, 3.8) is 0 Å². The Morgan fingerprint density at radius 3 is 2.50 bits per heavy atom. The van der Waals surface area contributed by atoms with Crippen molar-refractivity contribution in [2.24, 2.45) is 0 Å². The molecule has 7 nitrogen and oxygen atoms in total.